The van der Waals surface area contributed by atoms with Gasteiger partial charge in [-0.3, -0.25) is 4.79 Å². The van der Waals surface area contributed by atoms with E-state index in [0.717, 1.165) is 13.0 Å². The molecule has 0 amide bonds. The minimum Gasteiger partial charge on any atom is -0.358 e. The van der Waals surface area contributed by atoms with E-state index < -0.39 is 0 Å². The molecule has 84 valence electrons. The third kappa shape index (κ3) is 3.23. The van der Waals surface area contributed by atoms with Gasteiger partial charge in [-0.15, -0.1) is 0 Å². The number of nitrogens with zero attached hydrogens (tertiary/aromatic N) is 2. The highest BCUT2D eigenvalue weighted by Crippen LogP contribution is 2.17. The summed E-state index contributed by atoms with van der Waals surface area (Å²) in [4.78, 5) is 19.6. The van der Waals surface area contributed by atoms with Crippen molar-refractivity contribution in [3.05, 3.63) is 21.7 Å². The molecule has 0 aliphatic rings. The molecule has 0 unspecified atom stereocenters. The van der Waals surface area contributed by atoms with E-state index in [9.17, 15) is 4.79 Å². The molecule has 0 saturated carbocycles. The van der Waals surface area contributed by atoms with E-state index in [1.165, 1.54) is 6.33 Å². The van der Waals surface area contributed by atoms with Gasteiger partial charge in [0.1, 0.15) is 5.02 Å². The maximum Gasteiger partial charge on any atom is 0.271 e. The Kier molecular flexibility index (Phi) is 4.15. The number of rotatable bonds is 4. The third-order valence-electron chi connectivity index (χ3n) is 2.18. The van der Waals surface area contributed by atoms with Crippen molar-refractivity contribution in [2.75, 3.05) is 18.5 Å². The smallest absolute Gasteiger partial charge is 0.271 e. The van der Waals surface area contributed by atoms with Crippen LogP contribution in [-0.4, -0.2) is 23.6 Å². The van der Waals surface area contributed by atoms with Gasteiger partial charge in [-0.1, -0.05) is 25.4 Å². The number of hydrogen-bond donors (Lipinski definition) is 1. The zero-order chi connectivity index (χ0) is 11.4. The van der Waals surface area contributed by atoms with Crippen LogP contribution in [0.25, 0.3) is 0 Å². The summed E-state index contributed by atoms with van der Waals surface area (Å²) in [6, 6.07) is 0. The lowest BCUT2D eigenvalue weighted by molar-refractivity contribution is 0.583. The normalized spacial score (nSPS) is 10.7. The number of hydrogen-bond acceptors (Lipinski definition) is 3. The highest BCUT2D eigenvalue weighted by atomic mass is 35.5. The van der Waals surface area contributed by atoms with Gasteiger partial charge in [0.15, 0.2) is 5.82 Å². The van der Waals surface area contributed by atoms with Crippen LogP contribution < -0.4 is 10.5 Å². The Balaban J connectivity index is 2.78. The Morgan fingerprint density at radius 2 is 2.27 bits per heavy atom. The Morgan fingerprint density at radius 1 is 1.60 bits per heavy atom. The number of aromatic amines is 1. The lowest BCUT2D eigenvalue weighted by Crippen LogP contribution is -2.24. The molecule has 0 fully saturated rings. The molecule has 0 spiro atoms. The van der Waals surface area contributed by atoms with E-state index in [4.69, 9.17) is 11.6 Å². The van der Waals surface area contributed by atoms with Gasteiger partial charge in [0.2, 0.25) is 0 Å². The fourth-order valence-corrected chi connectivity index (χ4v) is 1.45. The molecule has 4 nitrogen and oxygen atoms in total. The van der Waals surface area contributed by atoms with Gasteiger partial charge in [0.25, 0.3) is 5.56 Å². The largest absolute Gasteiger partial charge is 0.358 e. The summed E-state index contributed by atoms with van der Waals surface area (Å²) in [6.45, 7) is 5.15. The second kappa shape index (κ2) is 5.16. The summed E-state index contributed by atoms with van der Waals surface area (Å²) in [5, 5.41) is 0.156. The van der Waals surface area contributed by atoms with Crippen molar-refractivity contribution in [1.82, 2.24) is 9.97 Å². The standard InChI is InChI=1S/C10H16ClN3O/c1-7(2)4-5-14(3)9-8(11)10(15)13-6-12-9/h6-7H,4-5H2,1-3H3,(H,12,13,15). The average molecular weight is 230 g/mol. The van der Waals surface area contributed by atoms with Crippen LogP contribution >= 0.6 is 11.6 Å². The average Bonchev–Trinajstić information content (AvgIpc) is 2.18. The van der Waals surface area contributed by atoms with E-state index in [2.05, 4.69) is 23.8 Å². The van der Waals surface area contributed by atoms with E-state index in [1.54, 1.807) is 0 Å². The molecule has 1 aromatic rings. The minimum absolute atomic E-state index is 0.156. The molecule has 15 heavy (non-hydrogen) atoms. The number of aromatic nitrogens is 2. The van der Waals surface area contributed by atoms with Crippen LogP contribution in [0, 0.1) is 5.92 Å². The summed E-state index contributed by atoms with van der Waals surface area (Å²) in [7, 11) is 1.88. The van der Waals surface area contributed by atoms with Gasteiger partial charge in [0, 0.05) is 13.6 Å². The van der Waals surface area contributed by atoms with Crippen LogP contribution in [0.4, 0.5) is 5.82 Å². The molecule has 0 atom stereocenters. The van der Waals surface area contributed by atoms with Crippen molar-refractivity contribution in [1.29, 1.82) is 0 Å². The lowest BCUT2D eigenvalue weighted by atomic mass is 10.1. The van der Waals surface area contributed by atoms with Crippen molar-refractivity contribution < 1.29 is 0 Å². The molecule has 0 saturated heterocycles. The second-order valence-corrected chi connectivity index (χ2v) is 4.35. The van der Waals surface area contributed by atoms with Crippen molar-refractivity contribution in [3.63, 3.8) is 0 Å². The summed E-state index contributed by atoms with van der Waals surface area (Å²) in [5.41, 5.74) is -0.293. The summed E-state index contributed by atoms with van der Waals surface area (Å²) in [6.07, 6.45) is 2.41. The summed E-state index contributed by atoms with van der Waals surface area (Å²) < 4.78 is 0. The highest BCUT2D eigenvalue weighted by Gasteiger charge is 2.10. The maximum atomic E-state index is 11.2. The Hall–Kier alpha value is -1.03. The minimum atomic E-state index is -0.293. The first-order valence-corrected chi connectivity index (χ1v) is 5.34. The first-order chi connectivity index (χ1) is 7.02. The Bertz CT molecular complexity index is 375. The SMILES string of the molecule is CC(C)CCN(C)c1nc[nH]c(=O)c1Cl. The van der Waals surface area contributed by atoms with Gasteiger partial charge < -0.3 is 9.88 Å². The molecule has 1 N–H and O–H groups in total. The lowest BCUT2D eigenvalue weighted by Gasteiger charge is -2.19. The fourth-order valence-electron chi connectivity index (χ4n) is 1.20. The van der Waals surface area contributed by atoms with E-state index in [0.29, 0.717) is 11.7 Å². The van der Waals surface area contributed by atoms with E-state index in [-0.39, 0.29) is 10.6 Å². The van der Waals surface area contributed by atoms with Crippen LogP contribution in [0.5, 0.6) is 0 Å². The number of halogens is 1. The Labute approximate surface area is 94.3 Å². The molecule has 1 rings (SSSR count). The molecule has 0 aromatic carbocycles. The van der Waals surface area contributed by atoms with Crippen LogP contribution in [0.3, 0.4) is 0 Å². The van der Waals surface area contributed by atoms with Gasteiger partial charge in [-0.05, 0) is 12.3 Å². The molecule has 1 aromatic heterocycles. The van der Waals surface area contributed by atoms with Gasteiger partial charge in [-0.2, -0.15) is 0 Å². The van der Waals surface area contributed by atoms with Crippen LogP contribution in [0.2, 0.25) is 5.02 Å². The topological polar surface area (TPSA) is 49.0 Å². The maximum absolute atomic E-state index is 11.2. The van der Waals surface area contributed by atoms with Crippen molar-refractivity contribution >= 4 is 17.4 Å². The fraction of sp³-hybridized carbons (Fsp3) is 0.600. The zero-order valence-electron chi connectivity index (χ0n) is 9.25. The molecule has 0 aliphatic heterocycles. The quantitative estimate of drug-likeness (QED) is 0.858. The molecule has 5 heteroatoms. The van der Waals surface area contributed by atoms with Gasteiger partial charge in [-0.25, -0.2) is 4.98 Å². The van der Waals surface area contributed by atoms with Crippen molar-refractivity contribution in [3.8, 4) is 0 Å². The predicted octanol–water partition coefficient (Wildman–Crippen LogP) is 1.91. The molecular weight excluding hydrogens is 214 g/mol. The van der Waals surface area contributed by atoms with Crippen molar-refractivity contribution in [2.24, 2.45) is 5.92 Å². The van der Waals surface area contributed by atoms with Crippen molar-refractivity contribution in [2.45, 2.75) is 20.3 Å². The number of anilines is 1. The first-order valence-electron chi connectivity index (χ1n) is 4.96. The molecule has 0 bridgehead atoms. The molecule has 0 aliphatic carbocycles. The van der Waals surface area contributed by atoms with E-state index >= 15 is 0 Å². The monoisotopic (exact) mass is 229 g/mol. The molecular formula is C10H16ClN3O. The van der Waals surface area contributed by atoms with Gasteiger partial charge in [0.05, 0.1) is 6.33 Å². The van der Waals surface area contributed by atoms with Crippen LogP contribution in [-0.2, 0) is 0 Å². The van der Waals surface area contributed by atoms with Crippen LogP contribution in [0.1, 0.15) is 20.3 Å². The molecule has 1 heterocycles. The number of H-pyrrole nitrogens is 1. The molecule has 0 radical (unpaired) electrons. The summed E-state index contributed by atoms with van der Waals surface area (Å²) >= 11 is 5.86. The highest BCUT2D eigenvalue weighted by molar-refractivity contribution is 6.32. The second-order valence-electron chi connectivity index (χ2n) is 3.97. The van der Waals surface area contributed by atoms with E-state index in [1.807, 2.05) is 11.9 Å². The van der Waals surface area contributed by atoms with Gasteiger partial charge >= 0.3 is 0 Å². The summed E-state index contributed by atoms with van der Waals surface area (Å²) in [5.74, 6) is 1.16. The first kappa shape index (κ1) is 12.0. The third-order valence-corrected chi connectivity index (χ3v) is 2.52. The Morgan fingerprint density at radius 3 is 2.87 bits per heavy atom. The predicted molar refractivity (Wildman–Crippen MR) is 62.6 cm³/mol. The number of nitrogens with one attached hydrogen (secondary N) is 1. The zero-order valence-corrected chi connectivity index (χ0v) is 10.0. The van der Waals surface area contributed by atoms with Crippen LogP contribution in [0.15, 0.2) is 11.1 Å².